The Bertz CT molecular complexity index is 520. The van der Waals surface area contributed by atoms with Gasteiger partial charge in [-0.05, 0) is 18.9 Å². The lowest BCUT2D eigenvalue weighted by atomic mass is 10.2. The summed E-state index contributed by atoms with van der Waals surface area (Å²) in [5.41, 5.74) is 2.32. The fourth-order valence-electron chi connectivity index (χ4n) is 1.68. The highest BCUT2D eigenvalue weighted by atomic mass is 79.9. The van der Waals surface area contributed by atoms with Gasteiger partial charge in [-0.15, -0.1) is 11.3 Å². The summed E-state index contributed by atoms with van der Waals surface area (Å²) in [5, 5.41) is 6.72. The van der Waals surface area contributed by atoms with Crippen molar-refractivity contribution in [2.24, 2.45) is 0 Å². The average Bonchev–Trinajstić information content (AvgIpc) is 3.06. The summed E-state index contributed by atoms with van der Waals surface area (Å²) in [5.74, 6) is 0. The van der Waals surface area contributed by atoms with E-state index < -0.39 is 0 Å². The highest BCUT2D eigenvalue weighted by Gasteiger charge is 2.20. The number of nitrogens with one attached hydrogen (secondary N) is 1. The van der Waals surface area contributed by atoms with Crippen molar-refractivity contribution in [2.45, 2.75) is 25.4 Å². The molecule has 2 nitrogen and oxygen atoms in total. The minimum Gasteiger partial charge on any atom is -0.308 e. The van der Waals surface area contributed by atoms with E-state index in [9.17, 15) is 0 Å². The first-order valence-electron chi connectivity index (χ1n) is 5.75. The van der Waals surface area contributed by atoms with Gasteiger partial charge in [-0.1, -0.05) is 34.1 Å². The van der Waals surface area contributed by atoms with Crippen LogP contribution in [0.15, 0.2) is 34.1 Å². The van der Waals surface area contributed by atoms with Gasteiger partial charge in [-0.3, -0.25) is 0 Å². The molecule has 1 aliphatic rings. The number of aromatic nitrogens is 1. The number of nitrogens with zero attached hydrogens (tertiary/aromatic N) is 1. The molecule has 1 aromatic heterocycles. The van der Waals surface area contributed by atoms with Gasteiger partial charge in [-0.2, -0.15) is 0 Å². The van der Waals surface area contributed by atoms with Gasteiger partial charge < -0.3 is 5.32 Å². The van der Waals surface area contributed by atoms with E-state index in [1.54, 1.807) is 11.3 Å². The van der Waals surface area contributed by atoms with Crippen LogP contribution in [-0.2, 0) is 6.54 Å². The number of hydrogen-bond acceptors (Lipinski definition) is 3. The molecular weight excluding hydrogens is 296 g/mol. The molecule has 1 heterocycles. The van der Waals surface area contributed by atoms with Gasteiger partial charge in [0, 0.05) is 28.0 Å². The Morgan fingerprint density at radius 2 is 2.18 bits per heavy atom. The van der Waals surface area contributed by atoms with Gasteiger partial charge in [-0.25, -0.2) is 4.98 Å². The molecule has 0 unspecified atom stereocenters. The van der Waals surface area contributed by atoms with E-state index >= 15 is 0 Å². The standard InChI is InChI=1S/C13H13BrN2S/c14-12-4-2-1-3-11(12)13-16-10(8-17-13)7-15-9-5-6-9/h1-4,8-9,15H,5-7H2. The van der Waals surface area contributed by atoms with Crippen LogP contribution in [0.2, 0.25) is 0 Å². The molecule has 0 amide bonds. The van der Waals surface area contributed by atoms with Crippen molar-refractivity contribution in [2.75, 3.05) is 0 Å². The van der Waals surface area contributed by atoms with E-state index in [1.165, 1.54) is 18.4 Å². The van der Waals surface area contributed by atoms with Crippen LogP contribution in [0.4, 0.5) is 0 Å². The summed E-state index contributed by atoms with van der Waals surface area (Å²) in [6.07, 6.45) is 2.64. The smallest absolute Gasteiger partial charge is 0.124 e. The van der Waals surface area contributed by atoms with Crippen LogP contribution < -0.4 is 5.32 Å². The molecule has 0 bridgehead atoms. The molecule has 17 heavy (non-hydrogen) atoms. The molecule has 4 heteroatoms. The van der Waals surface area contributed by atoms with Crippen molar-refractivity contribution in [3.8, 4) is 10.6 Å². The van der Waals surface area contributed by atoms with Crippen LogP contribution in [0.1, 0.15) is 18.5 Å². The zero-order valence-corrected chi connectivity index (χ0v) is 11.7. The molecule has 0 atom stereocenters. The van der Waals surface area contributed by atoms with Gasteiger partial charge in [0.15, 0.2) is 0 Å². The molecule has 0 spiro atoms. The normalized spacial score (nSPS) is 15.1. The monoisotopic (exact) mass is 308 g/mol. The molecule has 88 valence electrons. The third-order valence-electron chi connectivity index (χ3n) is 2.81. The molecule has 0 aliphatic heterocycles. The maximum Gasteiger partial charge on any atom is 0.124 e. The summed E-state index contributed by atoms with van der Waals surface area (Å²) >= 11 is 5.27. The maximum atomic E-state index is 4.67. The molecule has 1 aromatic carbocycles. The van der Waals surface area contributed by atoms with Crippen molar-refractivity contribution < 1.29 is 0 Å². The van der Waals surface area contributed by atoms with Crippen molar-refractivity contribution >= 4 is 27.3 Å². The Hall–Kier alpha value is -0.710. The zero-order valence-electron chi connectivity index (χ0n) is 9.32. The molecule has 1 N–H and O–H groups in total. The Morgan fingerprint density at radius 1 is 1.35 bits per heavy atom. The summed E-state index contributed by atoms with van der Waals surface area (Å²) in [6.45, 7) is 0.894. The van der Waals surface area contributed by atoms with Crippen LogP contribution >= 0.6 is 27.3 Å². The number of halogens is 1. The fraction of sp³-hybridized carbons (Fsp3) is 0.308. The number of thiazole rings is 1. The van der Waals surface area contributed by atoms with Crippen LogP contribution in [0.25, 0.3) is 10.6 Å². The maximum absolute atomic E-state index is 4.67. The molecule has 1 saturated carbocycles. The quantitative estimate of drug-likeness (QED) is 0.928. The molecule has 1 fully saturated rings. The highest BCUT2D eigenvalue weighted by molar-refractivity contribution is 9.10. The molecule has 2 aromatic rings. The summed E-state index contributed by atoms with van der Waals surface area (Å²) in [6, 6.07) is 8.96. The topological polar surface area (TPSA) is 24.9 Å². The molecule has 0 radical (unpaired) electrons. The SMILES string of the molecule is Brc1ccccc1-c1nc(CNC2CC2)cs1. The van der Waals surface area contributed by atoms with Crippen molar-refractivity contribution in [1.29, 1.82) is 0 Å². The van der Waals surface area contributed by atoms with E-state index in [0.717, 1.165) is 27.8 Å². The molecule has 1 aliphatic carbocycles. The van der Waals surface area contributed by atoms with E-state index in [1.807, 2.05) is 12.1 Å². The first kappa shape index (κ1) is 11.4. The van der Waals surface area contributed by atoms with Gasteiger partial charge in [0.05, 0.1) is 5.69 Å². The Morgan fingerprint density at radius 3 is 2.94 bits per heavy atom. The van der Waals surface area contributed by atoms with Gasteiger partial charge in [0.25, 0.3) is 0 Å². The van der Waals surface area contributed by atoms with Crippen molar-refractivity contribution in [3.63, 3.8) is 0 Å². The summed E-state index contributed by atoms with van der Waals surface area (Å²) in [7, 11) is 0. The largest absolute Gasteiger partial charge is 0.308 e. The number of rotatable bonds is 4. The number of benzene rings is 1. The molecule has 0 saturated heterocycles. The second-order valence-electron chi connectivity index (χ2n) is 4.28. The number of hydrogen-bond donors (Lipinski definition) is 1. The lowest BCUT2D eigenvalue weighted by Crippen LogP contribution is -2.15. The zero-order chi connectivity index (χ0) is 11.7. The van der Waals surface area contributed by atoms with Crippen LogP contribution in [0, 0.1) is 0 Å². The fourth-order valence-corrected chi connectivity index (χ4v) is 3.15. The van der Waals surface area contributed by atoms with Crippen molar-refractivity contribution in [1.82, 2.24) is 10.3 Å². The van der Waals surface area contributed by atoms with Crippen LogP contribution in [-0.4, -0.2) is 11.0 Å². The predicted octanol–water partition coefficient (Wildman–Crippen LogP) is 3.82. The second kappa shape index (κ2) is 4.88. The lowest BCUT2D eigenvalue weighted by Gasteiger charge is -2.00. The van der Waals surface area contributed by atoms with Gasteiger partial charge >= 0.3 is 0 Å². The van der Waals surface area contributed by atoms with Gasteiger partial charge in [0.2, 0.25) is 0 Å². The summed E-state index contributed by atoms with van der Waals surface area (Å²) in [4.78, 5) is 4.67. The van der Waals surface area contributed by atoms with Crippen molar-refractivity contribution in [3.05, 3.63) is 39.8 Å². The van der Waals surface area contributed by atoms with E-state index in [2.05, 4.69) is 43.7 Å². The average molecular weight is 309 g/mol. The molecular formula is C13H13BrN2S. The van der Waals surface area contributed by atoms with Crippen LogP contribution in [0.5, 0.6) is 0 Å². The third-order valence-corrected chi connectivity index (χ3v) is 4.42. The minimum absolute atomic E-state index is 0.739. The lowest BCUT2D eigenvalue weighted by molar-refractivity contribution is 0.678. The van der Waals surface area contributed by atoms with E-state index in [4.69, 9.17) is 0 Å². The first-order valence-corrected chi connectivity index (χ1v) is 7.43. The highest BCUT2D eigenvalue weighted by Crippen LogP contribution is 2.30. The van der Waals surface area contributed by atoms with Gasteiger partial charge in [0.1, 0.15) is 5.01 Å². The third kappa shape index (κ3) is 2.76. The first-order chi connectivity index (χ1) is 8.33. The summed E-state index contributed by atoms with van der Waals surface area (Å²) < 4.78 is 1.11. The van der Waals surface area contributed by atoms with Crippen LogP contribution in [0.3, 0.4) is 0 Å². The Balaban J connectivity index is 1.77. The van der Waals surface area contributed by atoms with E-state index in [0.29, 0.717) is 0 Å². The predicted molar refractivity (Wildman–Crippen MR) is 75.1 cm³/mol. The minimum atomic E-state index is 0.739. The Kier molecular flexibility index (Phi) is 3.27. The Labute approximate surface area is 113 Å². The van der Waals surface area contributed by atoms with E-state index in [-0.39, 0.29) is 0 Å². The second-order valence-corrected chi connectivity index (χ2v) is 5.99. The molecule has 3 rings (SSSR count).